The van der Waals surface area contributed by atoms with Crippen LogP contribution in [0.1, 0.15) is 52.0 Å². The average Bonchev–Trinajstić information content (AvgIpc) is 2.61. The van der Waals surface area contributed by atoms with Crippen molar-refractivity contribution in [2.45, 2.75) is 58.1 Å². The average molecular weight is 391 g/mol. The first-order valence-electron chi connectivity index (χ1n) is 9.99. The number of benzene rings is 1. The van der Waals surface area contributed by atoms with Crippen molar-refractivity contribution < 1.29 is 12.8 Å². The van der Waals surface area contributed by atoms with Crippen molar-refractivity contribution in [2.75, 3.05) is 5.75 Å². The van der Waals surface area contributed by atoms with Crippen molar-refractivity contribution in [2.24, 2.45) is 17.8 Å². The standard InChI is InChI=1S/C22H30O4S/c1-15(2)27(24,25)14-20-8-6-17(12-16(20)3)4-5-18-7-10-21-19(13-18)9-11-22(23)26-21/h7,9-11,13,15-17,20H,4-6,8,12,14H2,1-3H3/t16?,17-,20+/m1/s1. The van der Waals surface area contributed by atoms with Gasteiger partial charge in [-0.3, -0.25) is 0 Å². The first-order valence-corrected chi connectivity index (χ1v) is 11.7. The van der Waals surface area contributed by atoms with Crippen LogP contribution in [0, 0.1) is 17.8 Å². The van der Waals surface area contributed by atoms with Crippen LogP contribution in [0.3, 0.4) is 0 Å². The van der Waals surface area contributed by atoms with Crippen molar-refractivity contribution in [3.63, 3.8) is 0 Å². The molecule has 5 heteroatoms. The van der Waals surface area contributed by atoms with Gasteiger partial charge < -0.3 is 4.42 Å². The van der Waals surface area contributed by atoms with Crippen molar-refractivity contribution in [3.8, 4) is 0 Å². The van der Waals surface area contributed by atoms with E-state index in [4.69, 9.17) is 4.42 Å². The fraction of sp³-hybridized carbons (Fsp3) is 0.591. The van der Waals surface area contributed by atoms with E-state index in [0.717, 1.165) is 37.5 Å². The molecule has 1 aromatic carbocycles. The van der Waals surface area contributed by atoms with Crippen LogP contribution >= 0.6 is 0 Å². The maximum atomic E-state index is 12.2. The molecule has 148 valence electrons. The van der Waals surface area contributed by atoms with E-state index < -0.39 is 9.84 Å². The van der Waals surface area contributed by atoms with E-state index >= 15 is 0 Å². The van der Waals surface area contributed by atoms with Crippen LogP contribution in [0.5, 0.6) is 0 Å². The summed E-state index contributed by atoms with van der Waals surface area (Å²) in [5.74, 6) is 1.76. The third-order valence-electron chi connectivity index (χ3n) is 6.15. The molecule has 1 unspecified atom stereocenters. The molecule has 0 bridgehead atoms. The van der Waals surface area contributed by atoms with Gasteiger partial charge in [0, 0.05) is 11.5 Å². The number of hydrogen-bond acceptors (Lipinski definition) is 4. The van der Waals surface area contributed by atoms with Crippen LogP contribution in [-0.2, 0) is 16.3 Å². The first kappa shape index (κ1) is 20.1. The Balaban J connectivity index is 1.56. The van der Waals surface area contributed by atoms with Crippen molar-refractivity contribution in [1.82, 2.24) is 0 Å². The van der Waals surface area contributed by atoms with Crippen molar-refractivity contribution >= 4 is 20.8 Å². The summed E-state index contributed by atoms with van der Waals surface area (Å²) in [6.07, 6.45) is 5.37. The zero-order chi connectivity index (χ0) is 19.6. The molecule has 27 heavy (non-hydrogen) atoms. The fourth-order valence-corrected chi connectivity index (χ4v) is 5.70. The first-order chi connectivity index (χ1) is 12.7. The Kier molecular flexibility index (Phi) is 6.09. The molecule has 0 radical (unpaired) electrons. The van der Waals surface area contributed by atoms with Crippen LogP contribution < -0.4 is 5.63 Å². The summed E-state index contributed by atoms with van der Waals surface area (Å²) in [7, 11) is -2.96. The van der Waals surface area contributed by atoms with E-state index in [1.54, 1.807) is 13.8 Å². The monoisotopic (exact) mass is 390 g/mol. The minimum atomic E-state index is -2.96. The Morgan fingerprint density at radius 3 is 2.63 bits per heavy atom. The molecule has 0 saturated heterocycles. The summed E-state index contributed by atoms with van der Waals surface area (Å²) in [6.45, 7) is 5.77. The Labute approximate surface area is 161 Å². The third-order valence-corrected chi connectivity index (χ3v) is 8.47. The van der Waals surface area contributed by atoms with E-state index in [2.05, 4.69) is 13.0 Å². The quantitative estimate of drug-likeness (QED) is 0.676. The van der Waals surface area contributed by atoms with Gasteiger partial charge in [-0.2, -0.15) is 0 Å². The van der Waals surface area contributed by atoms with Gasteiger partial charge in [-0.05, 0) is 81.0 Å². The minimum absolute atomic E-state index is 0.278. The number of hydrogen-bond donors (Lipinski definition) is 0. The normalized spacial score (nSPS) is 23.8. The lowest BCUT2D eigenvalue weighted by molar-refractivity contribution is 0.202. The predicted molar refractivity (Wildman–Crippen MR) is 110 cm³/mol. The highest BCUT2D eigenvalue weighted by Crippen LogP contribution is 2.37. The number of aryl methyl sites for hydroxylation is 1. The molecule has 0 spiro atoms. The van der Waals surface area contributed by atoms with Crippen molar-refractivity contribution in [1.29, 1.82) is 0 Å². The molecule has 0 aliphatic heterocycles. The fourth-order valence-electron chi connectivity index (χ4n) is 4.22. The van der Waals surface area contributed by atoms with Crippen LogP contribution in [0.15, 0.2) is 39.5 Å². The van der Waals surface area contributed by atoms with Gasteiger partial charge in [0.2, 0.25) is 0 Å². The molecule has 1 aliphatic rings. The summed E-state index contributed by atoms with van der Waals surface area (Å²) < 4.78 is 29.7. The Bertz CT molecular complexity index is 942. The molecule has 4 nitrogen and oxygen atoms in total. The highest BCUT2D eigenvalue weighted by molar-refractivity contribution is 7.91. The number of sulfone groups is 1. The Hall–Kier alpha value is -1.62. The molecule has 0 amide bonds. The SMILES string of the molecule is CC1C[C@H](CCc2ccc3oc(=O)ccc3c2)CC[C@H]1CS(=O)(=O)C(C)C. The van der Waals surface area contributed by atoms with Crippen LogP contribution in [-0.4, -0.2) is 19.4 Å². The molecule has 1 saturated carbocycles. The summed E-state index contributed by atoms with van der Waals surface area (Å²) in [4.78, 5) is 11.3. The minimum Gasteiger partial charge on any atom is -0.423 e. The van der Waals surface area contributed by atoms with Gasteiger partial charge in [-0.1, -0.05) is 19.4 Å². The van der Waals surface area contributed by atoms with Gasteiger partial charge in [0.25, 0.3) is 0 Å². The lowest BCUT2D eigenvalue weighted by Crippen LogP contribution is -2.31. The molecule has 3 atom stereocenters. The molecule has 2 aromatic rings. The van der Waals surface area contributed by atoms with E-state index in [-0.39, 0.29) is 10.9 Å². The molecule has 1 heterocycles. The van der Waals surface area contributed by atoms with Gasteiger partial charge in [-0.25, -0.2) is 13.2 Å². The third kappa shape index (κ3) is 5.01. The number of rotatable bonds is 6. The van der Waals surface area contributed by atoms with Gasteiger partial charge in [-0.15, -0.1) is 0 Å². The smallest absolute Gasteiger partial charge is 0.336 e. The highest BCUT2D eigenvalue weighted by Gasteiger charge is 2.31. The summed E-state index contributed by atoms with van der Waals surface area (Å²) in [5, 5.41) is 0.683. The lowest BCUT2D eigenvalue weighted by Gasteiger charge is -2.34. The lowest BCUT2D eigenvalue weighted by atomic mass is 9.74. The van der Waals surface area contributed by atoms with E-state index in [9.17, 15) is 13.2 Å². The molecule has 1 fully saturated rings. The van der Waals surface area contributed by atoms with Gasteiger partial charge in [0.05, 0.1) is 11.0 Å². The Morgan fingerprint density at radius 2 is 1.93 bits per heavy atom. The topological polar surface area (TPSA) is 64.3 Å². The second-order valence-corrected chi connectivity index (χ2v) is 11.1. The maximum Gasteiger partial charge on any atom is 0.336 e. The second kappa shape index (κ2) is 8.17. The zero-order valence-corrected chi connectivity index (χ0v) is 17.3. The van der Waals surface area contributed by atoms with E-state index in [1.807, 2.05) is 18.2 Å². The Morgan fingerprint density at radius 1 is 1.15 bits per heavy atom. The largest absolute Gasteiger partial charge is 0.423 e. The summed E-state index contributed by atoms with van der Waals surface area (Å²) >= 11 is 0. The predicted octanol–water partition coefficient (Wildman–Crippen LogP) is 4.60. The second-order valence-electron chi connectivity index (χ2n) is 8.46. The molecule has 3 rings (SSSR count). The maximum absolute atomic E-state index is 12.2. The van der Waals surface area contributed by atoms with Crippen molar-refractivity contribution in [3.05, 3.63) is 46.3 Å². The van der Waals surface area contributed by atoms with Crippen LogP contribution in [0.25, 0.3) is 11.0 Å². The van der Waals surface area contributed by atoms with Crippen LogP contribution in [0.2, 0.25) is 0 Å². The molecular weight excluding hydrogens is 360 g/mol. The molecule has 0 N–H and O–H groups in total. The molecule has 1 aromatic heterocycles. The highest BCUT2D eigenvalue weighted by atomic mass is 32.2. The van der Waals surface area contributed by atoms with Gasteiger partial charge in [0.1, 0.15) is 5.58 Å². The van der Waals surface area contributed by atoms with E-state index in [1.165, 1.54) is 11.6 Å². The van der Waals surface area contributed by atoms with Crippen LogP contribution in [0.4, 0.5) is 0 Å². The summed E-state index contributed by atoms with van der Waals surface area (Å²) in [6, 6.07) is 9.29. The van der Waals surface area contributed by atoms with Gasteiger partial charge in [0.15, 0.2) is 9.84 Å². The number of fused-ring (bicyclic) bond motifs is 1. The zero-order valence-electron chi connectivity index (χ0n) is 16.5. The van der Waals surface area contributed by atoms with E-state index in [0.29, 0.717) is 29.1 Å². The molecule has 1 aliphatic carbocycles. The summed E-state index contributed by atoms with van der Waals surface area (Å²) in [5.41, 5.74) is 1.57. The molecular formula is C22H30O4S. The van der Waals surface area contributed by atoms with Gasteiger partial charge >= 0.3 is 5.63 Å².